The van der Waals surface area contributed by atoms with E-state index in [0.717, 1.165) is 19.2 Å². The van der Waals surface area contributed by atoms with E-state index in [1.807, 2.05) is 6.92 Å². The van der Waals surface area contributed by atoms with Crippen LogP contribution in [-0.4, -0.2) is 62.6 Å². The lowest BCUT2D eigenvalue weighted by molar-refractivity contribution is -0.139. The molecule has 26 heavy (non-hydrogen) atoms. The van der Waals surface area contributed by atoms with Crippen molar-refractivity contribution in [2.75, 3.05) is 20.2 Å². The van der Waals surface area contributed by atoms with E-state index in [0.29, 0.717) is 19.4 Å². The Morgan fingerprint density at radius 3 is 2.58 bits per heavy atom. The first-order chi connectivity index (χ1) is 12.2. The molecule has 2 N–H and O–H groups in total. The monoisotopic (exact) mass is 388 g/mol. The van der Waals surface area contributed by atoms with Crippen molar-refractivity contribution in [2.24, 2.45) is 0 Å². The van der Waals surface area contributed by atoms with Gasteiger partial charge in [-0.25, -0.2) is 22.3 Å². The molecular formula is C16H21FN2O6S. The Morgan fingerprint density at radius 2 is 2.04 bits per heavy atom. The van der Waals surface area contributed by atoms with Crippen molar-refractivity contribution in [3.05, 3.63) is 29.6 Å². The number of carboxylic acid groups (broad SMARTS) is 1. The molecule has 0 aliphatic heterocycles. The first-order valence-corrected chi connectivity index (χ1v) is 9.52. The van der Waals surface area contributed by atoms with Gasteiger partial charge in [0, 0.05) is 12.1 Å². The molecule has 0 unspecified atom stereocenters. The average molecular weight is 388 g/mol. The van der Waals surface area contributed by atoms with Crippen molar-refractivity contribution in [3.63, 3.8) is 0 Å². The number of aliphatic carboxylic acids is 1. The second-order valence-electron chi connectivity index (χ2n) is 6.00. The maximum Gasteiger partial charge on any atom is 0.342 e. The summed E-state index contributed by atoms with van der Waals surface area (Å²) in [5, 5.41) is 8.88. The van der Waals surface area contributed by atoms with Crippen molar-refractivity contribution in [3.8, 4) is 0 Å². The van der Waals surface area contributed by atoms with Crippen molar-refractivity contribution >= 4 is 22.0 Å². The lowest BCUT2D eigenvalue weighted by Gasteiger charge is -2.42. The fraction of sp³-hybridized carbons (Fsp3) is 0.500. The fourth-order valence-electron chi connectivity index (χ4n) is 2.97. The number of likely N-dealkylation sites (N-methyl/N-ethyl adjacent to an activating group) is 1. The summed E-state index contributed by atoms with van der Waals surface area (Å²) in [6.07, 6.45) is 0.868. The summed E-state index contributed by atoms with van der Waals surface area (Å²) < 4.78 is 46.0. The third kappa shape index (κ3) is 4.37. The minimum absolute atomic E-state index is 0.0450. The van der Waals surface area contributed by atoms with Gasteiger partial charge in [-0.05, 0) is 31.5 Å². The van der Waals surface area contributed by atoms with E-state index in [4.69, 9.17) is 5.11 Å². The molecule has 8 nitrogen and oxygen atoms in total. The smallest absolute Gasteiger partial charge is 0.342 e. The number of ether oxygens (including phenoxy) is 1. The van der Waals surface area contributed by atoms with Gasteiger partial charge in [0.1, 0.15) is 11.4 Å². The van der Waals surface area contributed by atoms with Crippen LogP contribution in [0.5, 0.6) is 0 Å². The van der Waals surface area contributed by atoms with Gasteiger partial charge in [-0.1, -0.05) is 13.0 Å². The van der Waals surface area contributed by atoms with E-state index >= 15 is 0 Å². The number of nitrogens with zero attached hydrogens (tertiary/aromatic N) is 1. The molecule has 0 bridgehead atoms. The number of halogens is 1. The van der Waals surface area contributed by atoms with E-state index in [1.54, 1.807) is 4.90 Å². The number of hydrogen-bond donors (Lipinski definition) is 2. The molecule has 10 heteroatoms. The van der Waals surface area contributed by atoms with Crippen LogP contribution < -0.4 is 4.72 Å². The first-order valence-electron chi connectivity index (χ1n) is 8.04. The van der Waals surface area contributed by atoms with Crippen molar-refractivity contribution in [2.45, 2.75) is 36.7 Å². The van der Waals surface area contributed by atoms with Gasteiger partial charge in [0.25, 0.3) is 0 Å². The normalized spacial score (nSPS) is 19.8. The van der Waals surface area contributed by atoms with Gasteiger partial charge >= 0.3 is 11.9 Å². The van der Waals surface area contributed by atoms with Crippen molar-refractivity contribution < 1.29 is 32.2 Å². The molecular weight excluding hydrogens is 367 g/mol. The Hall–Kier alpha value is -2.04. The molecule has 0 amide bonds. The van der Waals surface area contributed by atoms with Crippen LogP contribution in [0.3, 0.4) is 0 Å². The zero-order chi connectivity index (χ0) is 19.5. The topological polar surface area (TPSA) is 113 Å². The third-order valence-electron chi connectivity index (χ3n) is 4.35. The Morgan fingerprint density at radius 1 is 1.38 bits per heavy atom. The predicted octanol–water partition coefficient (Wildman–Crippen LogP) is 0.828. The van der Waals surface area contributed by atoms with Crippen LogP contribution in [0.25, 0.3) is 0 Å². The summed E-state index contributed by atoms with van der Waals surface area (Å²) in [6, 6.07) is 2.86. The zero-order valence-electron chi connectivity index (χ0n) is 14.4. The highest BCUT2D eigenvalue weighted by Crippen LogP contribution is 2.28. The van der Waals surface area contributed by atoms with Gasteiger partial charge in [-0.15, -0.1) is 0 Å². The van der Waals surface area contributed by atoms with Gasteiger partial charge in [0.05, 0.1) is 18.6 Å². The number of esters is 1. The highest BCUT2D eigenvalue weighted by molar-refractivity contribution is 7.89. The molecule has 1 saturated carbocycles. The number of sulfonamides is 1. The second kappa shape index (κ2) is 8.11. The Kier molecular flexibility index (Phi) is 6.32. The maximum atomic E-state index is 13.9. The summed E-state index contributed by atoms with van der Waals surface area (Å²) in [5.74, 6) is -3.00. The van der Waals surface area contributed by atoms with Crippen LogP contribution in [0.1, 0.15) is 30.1 Å². The SMILES string of the molecule is CCN(CC(=O)O)C1CC(NS(=O)(=O)c2cccc(F)c2C(=O)OC)C1. The molecule has 1 fully saturated rings. The second-order valence-corrected chi connectivity index (χ2v) is 7.69. The number of hydrogen-bond acceptors (Lipinski definition) is 6. The average Bonchev–Trinajstić information content (AvgIpc) is 2.54. The third-order valence-corrected chi connectivity index (χ3v) is 5.91. The minimum atomic E-state index is -4.13. The first kappa shape index (κ1) is 20.3. The van der Waals surface area contributed by atoms with Crippen LogP contribution in [-0.2, 0) is 19.6 Å². The zero-order valence-corrected chi connectivity index (χ0v) is 15.3. The maximum absolute atomic E-state index is 13.9. The fourth-order valence-corrected chi connectivity index (χ4v) is 4.43. The van der Waals surface area contributed by atoms with Gasteiger partial charge in [-0.2, -0.15) is 0 Å². The predicted molar refractivity (Wildman–Crippen MR) is 89.8 cm³/mol. The van der Waals surface area contributed by atoms with Gasteiger partial charge < -0.3 is 9.84 Å². The lowest BCUT2D eigenvalue weighted by atomic mass is 9.86. The molecule has 1 aliphatic rings. The van der Waals surface area contributed by atoms with Gasteiger partial charge in [0.2, 0.25) is 10.0 Å². The van der Waals surface area contributed by atoms with Crippen LogP contribution in [0.15, 0.2) is 23.1 Å². The summed E-state index contributed by atoms with van der Waals surface area (Å²) in [4.78, 5) is 23.8. The molecule has 144 valence electrons. The summed E-state index contributed by atoms with van der Waals surface area (Å²) in [5.41, 5.74) is -0.639. The molecule has 1 aromatic rings. The minimum Gasteiger partial charge on any atom is -0.480 e. The van der Waals surface area contributed by atoms with Gasteiger partial charge in [-0.3, -0.25) is 9.69 Å². The van der Waals surface area contributed by atoms with Gasteiger partial charge in [0.15, 0.2) is 0 Å². The number of carboxylic acids is 1. The highest BCUT2D eigenvalue weighted by Gasteiger charge is 2.37. The molecule has 2 rings (SSSR count). The molecule has 0 radical (unpaired) electrons. The summed E-state index contributed by atoms with van der Waals surface area (Å²) >= 11 is 0. The molecule has 0 atom stereocenters. The van der Waals surface area contributed by atoms with E-state index in [1.165, 1.54) is 6.07 Å². The van der Waals surface area contributed by atoms with E-state index in [9.17, 15) is 22.4 Å². The quantitative estimate of drug-likeness (QED) is 0.634. The van der Waals surface area contributed by atoms with Crippen LogP contribution in [0, 0.1) is 5.82 Å². The standard InChI is InChI=1S/C16H21FN2O6S/c1-3-19(9-14(20)21)11-7-10(8-11)18-26(23,24)13-6-4-5-12(17)15(13)16(22)25-2/h4-6,10-11,18H,3,7-9H2,1-2H3,(H,20,21). The van der Waals surface area contributed by atoms with E-state index in [2.05, 4.69) is 9.46 Å². The molecule has 0 spiro atoms. The van der Waals surface area contributed by atoms with Crippen LogP contribution >= 0.6 is 0 Å². The summed E-state index contributed by atoms with van der Waals surface area (Å²) in [6.45, 7) is 2.25. The number of carbonyl (C=O) groups is 2. The van der Waals surface area contributed by atoms with Crippen molar-refractivity contribution in [1.29, 1.82) is 0 Å². The number of rotatable bonds is 8. The number of nitrogens with one attached hydrogen (secondary N) is 1. The Bertz CT molecular complexity index is 792. The largest absolute Gasteiger partial charge is 0.480 e. The molecule has 1 aromatic carbocycles. The van der Waals surface area contributed by atoms with Crippen molar-refractivity contribution in [1.82, 2.24) is 9.62 Å². The number of carbonyl (C=O) groups excluding carboxylic acids is 1. The number of methoxy groups -OCH3 is 1. The van der Waals surface area contributed by atoms with Crippen LogP contribution in [0.4, 0.5) is 4.39 Å². The highest BCUT2D eigenvalue weighted by atomic mass is 32.2. The molecule has 0 aromatic heterocycles. The summed E-state index contributed by atoms with van der Waals surface area (Å²) in [7, 11) is -3.09. The molecule has 0 saturated heterocycles. The Balaban J connectivity index is 2.11. The van der Waals surface area contributed by atoms with E-state index in [-0.39, 0.29) is 12.6 Å². The molecule has 0 heterocycles. The number of benzene rings is 1. The lowest BCUT2D eigenvalue weighted by Crippen LogP contribution is -2.54. The Labute approximate surface area is 151 Å². The van der Waals surface area contributed by atoms with E-state index < -0.39 is 44.3 Å². The molecule has 1 aliphatic carbocycles. The van der Waals surface area contributed by atoms with Crippen LogP contribution in [0.2, 0.25) is 0 Å².